The number of rotatable bonds is 7. The number of carbonyl (C=O) groups is 1. The third kappa shape index (κ3) is 6.05. The number of esters is 1. The van der Waals surface area contributed by atoms with Gasteiger partial charge in [-0.15, -0.1) is 0 Å². The van der Waals surface area contributed by atoms with Crippen molar-refractivity contribution < 1.29 is 19.0 Å². The van der Waals surface area contributed by atoms with Gasteiger partial charge in [0.25, 0.3) is 0 Å². The highest BCUT2D eigenvalue weighted by Gasteiger charge is 2.21. The molecule has 2 atom stereocenters. The summed E-state index contributed by atoms with van der Waals surface area (Å²) in [5.74, 6) is -0.595. The van der Waals surface area contributed by atoms with Crippen molar-refractivity contribution in [1.82, 2.24) is 0 Å². The van der Waals surface area contributed by atoms with Gasteiger partial charge in [0.2, 0.25) is 6.29 Å². The molecule has 2 unspecified atom stereocenters. The minimum absolute atomic E-state index is 0.275. The number of hydrogen-bond acceptors (Lipinski definition) is 5. The lowest BCUT2D eigenvalue weighted by molar-refractivity contribution is -0.203. The van der Waals surface area contributed by atoms with Crippen LogP contribution in [-0.2, 0) is 19.0 Å². The van der Waals surface area contributed by atoms with E-state index in [9.17, 15) is 4.79 Å². The molecule has 0 N–H and O–H groups in total. The van der Waals surface area contributed by atoms with Crippen molar-refractivity contribution in [2.75, 3.05) is 13.7 Å². The highest BCUT2D eigenvalue weighted by molar-refractivity contribution is 5.71. The van der Waals surface area contributed by atoms with Gasteiger partial charge in [-0.3, -0.25) is 4.79 Å². The largest absolute Gasteiger partial charge is 0.432 e. The molecule has 15 heavy (non-hydrogen) atoms. The molecule has 0 fully saturated rings. The van der Waals surface area contributed by atoms with Crippen LogP contribution in [0.5, 0.6) is 0 Å². The van der Waals surface area contributed by atoms with Gasteiger partial charge in [-0.05, 0) is 13.3 Å². The second kappa shape index (κ2) is 8.21. The van der Waals surface area contributed by atoms with Crippen molar-refractivity contribution in [2.24, 2.45) is 0 Å². The van der Waals surface area contributed by atoms with Gasteiger partial charge in [-0.25, -0.2) is 0 Å². The van der Waals surface area contributed by atoms with E-state index in [1.165, 1.54) is 7.11 Å². The number of ether oxygens (including phenoxy) is 3. The van der Waals surface area contributed by atoms with Gasteiger partial charge in [0, 0.05) is 7.11 Å². The van der Waals surface area contributed by atoms with Crippen molar-refractivity contribution in [3.63, 3.8) is 0 Å². The lowest BCUT2D eigenvalue weighted by Crippen LogP contribution is -2.33. The predicted molar refractivity (Wildman–Crippen MR) is 52.8 cm³/mol. The van der Waals surface area contributed by atoms with E-state index in [0.717, 1.165) is 6.42 Å². The average molecular weight is 215 g/mol. The summed E-state index contributed by atoms with van der Waals surface area (Å²) in [4.78, 5) is 11.1. The van der Waals surface area contributed by atoms with Crippen molar-refractivity contribution >= 4 is 5.97 Å². The molecule has 0 amide bonds. The first-order valence-electron chi connectivity index (χ1n) is 4.86. The average Bonchev–Trinajstić information content (AvgIpc) is 2.23. The number of nitrogens with zero attached hydrogens (tertiary/aromatic N) is 1. The number of methoxy groups -OCH3 is 1. The molecule has 0 bridgehead atoms. The molecule has 0 saturated heterocycles. The second-order valence-electron chi connectivity index (χ2n) is 3.00. The molecule has 5 nitrogen and oxygen atoms in total. The van der Waals surface area contributed by atoms with Crippen LogP contribution in [0.25, 0.3) is 0 Å². The molecule has 0 aromatic rings. The van der Waals surface area contributed by atoms with Crippen LogP contribution >= 0.6 is 0 Å². The molecule has 0 spiro atoms. The summed E-state index contributed by atoms with van der Waals surface area (Å²) in [7, 11) is 1.51. The van der Waals surface area contributed by atoms with Crippen LogP contribution in [0.3, 0.4) is 0 Å². The first kappa shape index (κ1) is 13.9. The fourth-order valence-corrected chi connectivity index (χ4v) is 0.846. The van der Waals surface area contributed by atoms with Gasteiger partial charge >= 0.3 is 5.97 Å². The highest BCUT2D eigenvalue weighted by Crippen LogP contribution is 2.07. The Morgan fingerprint density at radius 3 is 2.67 bits per heavy atom. The Morgan fingerprint density at radius 1 is 1.53 bits per heavy atom. The molecule has 0 aromatic heterocycles. The predicted octanol–water partition coefficient (Wildman–Crippen LogP) is 1.23. The van der Waals surface area contributed by atoms with E-state index in [4.69, 9.17) is 19.5 Å². The van der Waals surface area contributed by atoms with E-state index in [2.05, 4.69) is 0 Å². The molecular formula is C10H17NO4. The topological polar surface area (TPSA) is 68.5 Å². The van der Waals surface area contributed by atoms with E-state index >= 15 is 0 Å². The Labute approximate surface area is 89.9 Å². The van der Waals surface area contributed by atoms with Gasteiger partial charge in [0.05, 0.1) is 12.7 Å². The molecule has 0 aliphatic rings. The summed E-state index contributed by atoms with van der Waals surface area (Å²) in [6.45, 7) is 4.17. The maximum Gasteiger partial charge on any atom is 0.322 e. The Balaban J connectivity index is 4.12. The van der Waals surface area contributed by atoms with Crippen LogP contribution in [0.15, 0.2) is 0 Å². The zero-order valence-corrected chi connectivity index (χ0v) is 9.36. The maximum atomic E-state index is 11.1. The summed E-state index contributed by atoms with van der Waals surface area (Å²) in [6, 6.07) is 1.71. The van der Waals surface area contributed by atoms with Crippen molar-refractivity contribution in [2.45, 2.75) is 39.1 Å². The van der Waals surface area contributed by atoms with Crippen molar-refractivity contribution in [3.8, 4) is 6.07 Å². The Kier molecular flexibility index (Phi) is 7.60. The zero-order valence-electron chi connectivity index (χ0n) is 9.36. The molecule has 0 aromatic carbocycles. The van der Waals surface area contributed by atoms with Crippen molar-refractivity contribution in [3.05, 3.63) is 0 Å². The van der Waals surface area contributed by atoms with Crippen LogP contribution in [0.2, 0.25) is 0 Å². The number of carbonyl (C=O) groups excluding carboxylic acids is 1. The lowest BCUT2D eigenvalue weighted by atomic mass is 10.4. The summed E-state index contributed by atoms with van der Waals surface area (Å²) >= 11 is 0. The van der Waals surface area contributed by atoms with E-state index in [-0.39, 0.29) is 12.5 Å². The van der Waals surface area contributed by atoms with Gasteiger partial charge < -0.3 is 14.2 Å². The minimum atomic E-state index is -0.740. The van der Waals surface area contributed by atoms with Crippen LogP contribution in [0, 0.1) is 11.3 Å². The van der Waals surface area contributed by atoms with Gasteiger partial charge in [-0.1, -0.05) is 6.92 Å². The first-order chi connectivity index (χ1) is 7.15. The molecular weight excluding hydrogens is 198 g/mol. The summed E-state index contributed by atoms with van der Waals surface area (Å²) in [5, 5.41) is 8.30. The lowest BCUT2D eigenvalue weighted by Gasteiger charge is -2.22. The smallest absolute Gasteiger partial charge is 0.322 e. The fourth-order valence-electron chi connectivity index (χ4n) is 0.846. The summed E-state index contributed by atoms with van der Waals surface area (Å²) in [5.41, 5.74) is 0. The molecule has 5 heteroatoms. The van der Waals surface area contributed by atoms with Crippen LogP contribution < -0.4 is 0 Å². The van der Waals surface area contributed by atoms with Crippen LogP contribution in [0.1, 0.15) is 26.7 Å². The van der Waals surface area contributed by atoms with Crippen LogP contribution in [-0.4, -0.2) is 32.1 Å². The van der Waals surface area contributed by atoms with Gasteiger partial charge in [-0.2, -0.15) is 5.26 Å². The number of hydrogen-bond donors (Lipinski definition) is 0. The second-order valence-corrected chi connectivity index (χ2v) is 3.00. The molecule has 0 radical (unpaired) electrons. The molecule has 86 valence electrons. The molecule has 0 heterocycles. The Morgan fingerprint density at radius 2 is 2.20 bits per heavy atom. The van der Waals surface area contributed by atoms with Gasteiger partial charge in [0.15, 0.2) is 0 Å². The van der Waals surface area contributed by atoms with E-state index in [1.54, 1.807) is 13.0 Å². The standard InChI is InChI=1S/C10H17NO4/c1-4-7-14-10(8(2)13-3)15-9(12)5-6-11/h8,10H,4-5,7H2,1-3H3. The van der Waals surface area contributed by atoms with E-state index in [1.807, 2.05) is 6.92 Å². The summed E-state index contributed by atoms with van der Waals surface area (Å²) in [6.07, 6.45) is -0.541. The van der Waals surface area contributed by atoms with Crippen molar-refractivity contribution in [1.29, 1.82) is 5.26 Å². The Bertz CT molecular complexity index is 224. The van der Waals surface area contributed by atoms with Crippen LogP contribution in [0.4, 0.5) is 0 Å². The summed E-state index contributed by atoms with van der Waals surface area (Å²) < 4.78 is 15.2. The van der Waals surface area contributed by atoms with E-state index in [0.29, 0.717) is 6.61 Å². The van der Waals surface area contributed by atoms with Gasteiger partial charge in [0.1, 0.15) is 12.5 Å². The normalized spacial score (nSPS) is 14.0. The third-order valence-electron chi connectivity index (χ3n) is 1.71. The molecule has 0 rings (SSSR count). The monoisotopic (exact) mass is 215 g/mol. The fraction of sp³-hybridized carbons (Fsp3) is 0.800. The molecule has 0 saturated carbocycles. The first-order valence-corrected chi connectivity index (χ1v) is 4.86. The minimum Gasteiger partial charge on any atom is -0.432 e. The highest BCUT2D eigenvalue weighted by atomic mass is 16.7. The third-order valence-corrected chi connectivity index (χ3v) is 1.71. The Hall–Kier alpha value is -1.12. The maximum absolute atomic E-state index is 11.1. The quantitative estimate of drug-likeness (QED) is 0.472. The number of nitriles is 1. The van der Waals surface area contributed by atoms with E-state index < -0.39 is 12.3 Å². The molecule has 0 aliphatic carbocycles. The zero-order chi connectivity index (χ0) is 11.7. The SMILES string of the molecule is CCCOC(OC(=O)CC#N)C(C)OC. The molecule has 0 aliphatic heterocycles.